The SMILES string of the molecule is COc1ccc(NC(=O)CC2=C3CCCCC3N(Cc3ccccc3)C2=O)cc1F. The quantitative estimate of drug-likeness (QED) is 0.769. The normalized spacial score (nSPS) is 18.4. The number of fused-ring (bicyclic) bond motifs is 1. The molecule has 156 valence electrons. The second-order valence-electron chi connectivity index (χ2n) is 7.76. The molecule has 2 amide bonds. The van der Waals surface area contributed by atoms with Crippen molar-refractivity contribution in [1.82, 2.24) is 4.90 Å². The number of nitrogens with zero attached hydrogens (tertiary/aromatic N) is 1. The second-order valence-corrected chi connectivity index (χ2v) is 7.76. The number of hydrogen-bond donors (Lipinski definition) is 1. The molecule has 1 N–H and O–H groups in total. The van der Waals surface area contributed by atoms with Crippen LogP contribution in [0.15, 0.2) is 59.7 Å². The number of carbonyl (C=O) groups is 2. The van der Waals surface area contributed by atoms with Crippen molar-refractivity contribution in [2.45, 2.75) is 44.7 Å². The molecule has 1 fully saturated rings. The van der Waals surface area contributed by atoms with Crippen molar-refractivity contribution in [3.05, 3.63) is 71.1 Å². The lowest BCUT2D eigenvalue weighted by Crippen LogP contribution is -2.36. The molecule has 30 heavy (non-hydrogen) atoms. The first-order chi connectivity index (χ1) is 14.6. The van der Waals surface area contributed by atoms with Gasteiger partial charge in [0.1, 0.15) is 0 Å². The summed E-state index contributed by atoms with van der Waals surface area (Å²) in [5.74, 6) is -0.806. The maximum Gasteiger partial charge on any atom is 0.251 e. The molecule has 0 bridgehead atoms. The van der Waals surface area contributed by atoms with Crippen LogP contribution in [-0.4, -0.2) is 29.9 Å². The summed E-state index contributed by atoms with van der Waals surface area (Å²) >= 11 is 0. The third kappa shape index (κ3) is 4.08. The zero-order valence-electron chi connectivity index (χ0n) is 17.0. The number of amides is 2. The summed E-state index contributed by atoms with van der Waals surface area (Å²) in [5, 5.41) is 2.70. The molecule has 4 rings (SSSR count). The Bertz CT molecular complexity index is 987. The predicted octanol–water partition coefficient (Wildman–Crippen LogP) is 4.44. The van der Waals surface area contributed by atoms with Gasteiger partial charge in [-0.3, -0.25) is 9.59 Å². The minimum Gasteiger partial charge on any atom is -0.494 e. The van der Waals surface area contributed by atoms with Gasteiger partial charge in [0, 0.05) is 23.9 Å². The van der Waals surface area contributed by atoms with Gasteiger partial charge in [-0.05, 0) is 42.5 Å². The van der Waals surface area contributed by atoms with E-state index in [4.69, 9.17) is 4.74 Å². The van der Waals surface area contributed by atoms with Gasteiger partial charge in [0.05, 0.1) is 19.6 Å². The van der Waals surface area contributed by atoms with Gasteiger partial charge in [0.15, 0.2) is 11.6 Å². The largest absolute Gasteiger partial charge is 0.494 e. The minimum absolute atomic E-state index is 0.00358. The van der Waals surface area contributed by atoms with Crippen molar-refractivity contribution in [1.29, 1.82) is 0 Å². The third-order valence-corrected chi connectivity index (χ3v) is 5.83. The average molecular weight is 408 g/mol. The molecule has 2 aromatic carbocycles. The van der Waals surface area contributed by atoms with E-state index in [9.17, 15) is 14.0 Å². The molecule has 2 aromatic rings. The number of carbonyl (C=O) groups excluding carboxylic acids is 2. The highest BCUT2D eigenvalue weighted by Crippen LogP contribution is 2.38. The molecule has 5 nitrogen and oxygen atoms in total. The Kier molecular flexibility index (Phi) is 5.84. The van der Waals surface area contributed by atoms with E-state index in [1.54, 1.807) is 6.07 Å². The molecule has 0 saturated heterocycles. The molecule has 1 aliphatic heterocycles. The highest BCUT2D eigenvalue weighted by atomic mass is 19.1. The van der Waals surface area contributed by atoms with E-state index >= 15 is 0 Å². The first kappa shape index (κ1) is 20.1. The van der Waals surface area contributed by atoms with Crippen LogP contribution in [0.2, 0.25) is 0 Å². The van der Waals surface area contributed by atoms with Gasteiger partial charge in [-0.15, -0.1) is 0 Å². The molecule has 0 spiro atoms. The maximum absolute atomic E-state index is 13.9. The molecular weight excluding hydrogens is 383 g/mol. The number of methoxy groups -OCH3 is 1. The zero-order chi connectivity index (χ0) is 21.1. The van der Waals surface area contributed by atoms with E-state index in [0.29, 0.717) is 17.8 Å². The molecule has 2 aliphatic rings. The Morgan fingerprint density at radius 2 is 2.00 bits per heavy atom. The number of halogens is 1. The number of rotatable bonds is 6. The van der Waals surface area contributed by atoms with Gasteiger partial charge in [0.2, 0.25) is 5.91 Å². The summed E-state index contributed by atoms with van der Waals surface area (Å²) in [4.78, 5) is 27.8. The molecule has 1 saturated carbocycles. The van der Waals surface area contributed by atoms with Gasteiger partial charge < -0.3 is 15.0 Å². The van der Waals surface area contributed by atoms with Crippen molar-refractivity contribution in [3.8, 4) is 5.75 Å². The fraction of sp³-hybridized carbons (Fsp3) is 0.333. The van der Waals surface area contributed by atoms with Gasteiger partial charge >= 0.3 is 0 Å². The zero-order valence-corrected chi connectivity index (χ0v) is 17.0. The Hall–Kier alpha value is -3.15. The highest BCUT2D eigenvalue weighted by molar-refractivity contribution is 6.04. The smallest absolute Gasteiger partial charge is 0.251 e. The van der Waals surface area contributed by atoms with Crippen molar-refractivity contribution < 1.29 is 18.7 Å². The first-order valence-corrected chi connectivity index (χ1v) is 10.3. The average Bonchev–Trinajstić information content (AvgIpc) is 3.00. The highest BCUT2D eigenvalue weighted by Gasteiger charge is 2.40. The van der Waals surface area contributed by atoms with Crippen molar-refractivity contribution in [2.75, 3.05) is 12.4 Å². The molecule has 1 aliphatic carbocycles. The Morgan fingerprint density at radius 3 is 2.73 bits per heavy atom. The van der Waals surface area contributed by atoms with Crippen LogP contribution in [0.1, 0.15) is 37.7 Å². The summed E-state index contributed by atoms with van der Waals surface area (Å²) in [6.07, 6.45) is 3.90. The molecular formula is C24H25FN2O3. The fourth-order valence-electron chi connectivity index (χ4n) is 4.40. The lowest BCUT2D eigenvalue weighted by molar-refractivity contribution is -0.129. The van der Waals surface area contributed by atoms with Crippen molar-refractivity contribution in [2.24, 2.45) is 0 Å². The number of ether oxygens (including phenoxy) is 1. The molecule has 6 heteroatoms. The summed E-state index contributed by atoms with van der Waals surface area (Å²) in [7, 11) is 1.39. The Balaban J connectivity index is 1.50. The van der Waals surface area contributed by atoms with Crippen LogP contribution in [0.25, 0.3) is 0 Å². The van der Waals surface area contributed by atoms with Gasteiger partial charge in [-0.1, -0.05) is 36.8 Å². The van der Waals surface area contributed by atoms with E-state index in [1.165, 1.54) is 19.2 Å². The number of anilines is 1. The van der Waals surface area contributed by atoms with E-state index in [-0.39, 0.29) is 30.0 Å². The summed E-state index contributed by atoms with van der Waals surface area (Å²) < 4.78 is 18.8. The number of nitrogens with one attached hydrogen (secondary N) is 1. The van der Waals surface area contributed by atoms with E-state index in [1.807, 2.05) is 35.2 Å². The Labute approximate surface area is 175 Å². The number of benzene rings is 2. The van der Waals surface area contributed by atoms with Crippen LogP contribution < -0.4 is 10.1 Å². The lowest BCUT2D eigenvalue weighted by atomic mass is 9.88. The Morgan fingerprint density at radius 1 is 1.20 bits per heavy atom. The van der Waals surface area contributed by atoms with Crippen molar-refractivity contribution >= 4 is 17.5 Å². The van der Waals surface area contributed by atoms with Crippen LogP contribution in [0.3, 0.4) is 0 Å². The van der Waals surface area contributed by atoms with Crippen LogP contribution in [-0.2, 0) is 16.1 Å². The summed E-state index contributed by atoms with van der Waals surface area (Å²) in [6.45, 7) is 0.544. The molecule has 0 radical (unpaired) electrons. The van der Waals surface area contributed by atoms with Crippen LogP contribution in [0.5, 0.6) is 5.75 Å². The van der Waals surface area contributed by atoms with E-state index in [2.05, 4.69) is 5.32 Å². The van der Waals surface area contributed by atoms with E-state index in [0.717, 1.165) is 36.8 Å². The van der Waals surface area contributed by atoms with Crippen LogP contribution >= 0.6 is 0 Å². The standard InChI is InChI=1S/C24H25FN2O3/c1-30-22-12-11-17(13-20(22)25)26-23(28)14-19-18-9-5-6-10-21(18)27(24(19)29)15-16-7-3-2-4-8-16/h2-4,7-8,11-13,21H,5-6,9-10,14-15H2,1H3,(H,26,28). The van der Waals surface area contributed by atoms with Crippen molar-refractivity contribution in [3.63, 3.8) is 0 Å². The second kappa shape index (κ2) is 8.69. The molecule has 1 unspecified atom stereocenters. The summed E-state index contributed by atoms with van der Waals surface area (Å²) in [6, 6.07) is 14.3. The summed E-state index contributed by atoms with van der Waals surface area (Å²) in [5.41, 5.74) is 3.12. The van der Waals surface area contributed by atoms with Gasteiger partial charge in [0.25, 0.3) is 5.91 Å². The topological polar surface area (TPSA) is 58.6 Å². The van der Waals surface area contributed by atoms with Gasteiger partial charge in [-0.2, -0.15) is 0 Å². The maximum atomic E-state index is 13.9. The fourth-order valence-corrected chi connectivity index (χ4v) is 4.40. The van der Waals surface area contributed by atoms with Gasteiger partial charge in [-0.25, -0.2) is 4.39 Å². The number of hydrogen-bond acceptors (Lipinski definition) is 3. The van der Waals surface area contributed by atoms with E-state index < -0.39 is 5.82 Å². The third-order valence-electron chi connectivity index (χ3n) is 5.83. The monoisotopic (exact) mass is 408 g/mol. The molecule has 1 heterocycles. The van der Waals surface area contributed by atoms with Crippen LogP contribution in [0.4, 0.5) is 10.1 Å². The molecule has 1 atom stereocenters. The lowest BCUT2D eigenvalue weighted by Gasteiger charge is -2.30. The minimum atomic E-state index is -0.546. The van der Waals surface area contributed by atoms with Crippen LogP contribution in [0, 0.1) is 5.82 Å². The predicted molar refractivity (Wildman–Crippen MR) is 112 cm³/mol. The molecule has 0 aromatic heterocycles. The first-order valence-electron chi connectivity index (χ1n) is 10.3.